The van der Waals surface area contributed by atoms with Gasteiger partial charge in [0.15, 0.2) is 6.29 Å². The second-order valence-electron chi connectivity index (χ2n) is 4.30. The predicted octanol–water partition coefficient (Wildman–Crippen LogP) is 2.46. The van der Waals surface area contributed by atoms with Gasteiger partial charge in [0.1, 0.15) is 16.9 Å². The van der Waals surface area contributed by atoms with E-state index >= 15 is 0 Å². The molecule has 2 aromatic rings. The van der Waals surface area contributed by atoms with Crippen molar-refractivity contribution in [3.63, 3.8) is 0 Å². The summed E-state index contributed by atoms with van der Waals surface area (Å²) in [5, 5.41) is 0.703. The number of anilines is 1. The quantitative estimate of drug-likeness (QED) is 0.619. The monoisotopic (exact) mass is 275 g/mol. The smallest absolute Gasteiger partial charge is 0.349 e. The maximum absolute atomic E-state index is 11.9. The predicted molar refractivity (Wildman–Crippen MR) is 78.0 cm³/mol. The van der Waals surface area contributed by atoms with Gasteiger partial charge in [-0.15, -0.1) is 0 Å². The van der Waals surface area contributed by atoms with Gasteiger partial charge >= 0.3 is 5.63 Å². The molecular weight excluding hydrogens is 258 g/mol. The first-order chi connectivity index (χ1) is 9.65. The molecule has 1 aromatic carbocycles. The van der Waals surface area contributed by atoms with Gasteiger partial charge in [0.2, 0.25) is 0 Å². The minimum atomic E-state index is -0.612. The number of rotatable bonds is 5. The van der Waals surface area contributed by atoms with Crippen molar-refractivity contribution in [1.29, 1.82) is 0 Å². The minimum absolute atomic E-state index is 0.0504. The van der Waals surface area contributed by atoms with Crippen LogP contribution in [0.25, 0.3) is 11.0 Å². The number of hydrogen-bond donors (Lipinski definition) is 0. The van der Waals surface area contributed by atoms with E-state index in [4.69, 9.17) is 9.15 Å². The Balaban J connectivity index is 2.89. The highest BCUT2D eigenvalue weighted by molar-refractivity contribution is 6.00. The zero-order chi connectivity index (χ0) is 14.7. The molecule has 0 bridgehead atoms. The Labute approximate surface area is 116 Å². The van der Waals surface area contributed by atoms with Crippen LogP contribution >= 0.6 is 0 Å². The first kappa shape index (κ1) is 14.1. The number of hydrogen-bond acceptors (Lipinski definition) is 5. The molecule has 0 saturated heterocycles. The summed E-state index contributed by atoms with van der Waals surface area (Å²) in [4.78, 5) is 25.1. The van der Waals surface area contributed by atoms with Gasteiger partial charge in [-0.2, -0.15) is 0 Å². The van der Waals surface area contributed by atoms with Crippen molar-refractivity contribution < 1.29 is 13.9 Å². The van der Waals surface area contributed by atoms with Crippen LogP contribution in [0.15, 0.2) is 27.4 Å². The molecule has 0 aliphatic rings. The van der Waals surface area contributed by atoms with Gasteiger partial charge in [0, 0.05) is 18.5 Å². The Morgan fingerprint density at radius 2 is 2.00 bits per heavy atom. The minimum Gasteiger partial charge on any atom is -0.497 e. The molecule has 0 aliphatic heterocycles. The van der Waals surface area contributed by atoms with Crippen LogP contribution in [0.1, 0.15) is 24.2 Å². The van der Waals surface area contributed by atoms with Crippen LogP contribution in [0, 0.1) is 0 Å². The van der Waals surface area contributed by atoms with Crippen LogP contribution in [0.5, 0.6) is 5.75 Å². The molecule has 2 rings (SSSR count). The third-order valence-corrected chi connectivity index (χ3v) is 3.32. The van der Waals surface area contributed by atoms with Crippen LogP contribution in [0.2, 0.25) is 0 Å². The summed E-state index contributed by atoms with van der Waals surface area (Å²) in [5.74, 6) is 0.650. The number of ether oxygens (including phenoxy) is 1. The lowest BCUT2D eigenvalue weighted by molar-refractivity contribution is 0.112. The van der Waals surface area contributed by atoms with Gasteiger partial charge in [0.25, 0.3) is 0 Å². The lowest BCUT2D eigenvalue weighted by atomic mass is 10.1. The maximum Gasteiger partial charge on any atom is 0.349 e. The SMILES string of the molecule is CCN(CC)c1c(C=O)c(=O)oc2ccc(OC)cc12. The summed E-state index contributed by atoms with van der Waals surface area (Å²) in [6.07, 6.45) is 0.554. The van der Waals surface area contributed by atoms with E-state index in [-0.39, 0.29) is 5.56 Å². The van der Waals surface area contributed by atoms with Crippen molar-refractivity contribution in [2.24, 2.45) is 0 Å². The molecular formula is C15H17NO4. The Kier molecular flexibility index (Phi) is 4.08. The zero-order valence-electron chi connectivity index (χ0n) is 11.8. The molecule has 0 atom stereocenters. The topological polar surface area (TPSA) is 59.8 Å². The van der Waals surface area contributed by atoms with Gasteiger partial charge in [0.05, 0.1) is 12.8 Å². The number of aldehydes is 1. The van der Waals surface area contributed by atoms with E-state index in [0.29, 0.717) is 41.8 Å². The molecule has 0 N–H and O–H groups in total. The molecule has 1 aromatic heterocycles. The van der Waals surface area contributed by atoms with Crippen LogP contribution in [-0.4, -0.2) is 26.5 Å². The highest BCUT2D eigenvalue weighted by atomic mass is 16.5. The molecule has 0 unspecified atom stereocenters. The lowest BCUT2D eigenvalue weighted by Crippen LogP contribution is -2.26. The van der Waals surface area contributed by atoms with Crippen molar-refractivity contribution in [3.05, 3.63) is 34.2 Å². The van der Waals surface area contributed by atoms with Crippen LogP contribution < -0.4 is 15.3 Å². The molecule has 5 nitrogen and oxygen atoms in total. The number of nitrogens with zero attached hydrogens (tertiary/aromatic N) is 1. The van der Waals surface area contributed by atoms with Crippen molar-refractivity contribution in [1.82, 2.24) is 0 Å². The molecule has 0 amide bonds. The third kappa shape index (κ3) is 2.27. The fourth-order valence-corrected chi connectivity index (χ4v) is 2.29. The summed E-state index contributed by atoms with van der Waals surface area (Å²) in [6.45, 7) is 5.32. The van der Waals surface area contributed by atoms with E-state index in [1.54, 1.807) is 25.3 Å². The molecule has 1 heterocycles. The molecule has 0 spiro atoms. The van der Waals surface area contributed by atoms with Crippen molar-refractivity contribution in [3.8, 4) is 5.75 Å². The van der Waals surface area contributed by atoms with E-state index in [2.05, 4.69) is 0 Å². The number of fused-ring (bicyclic) bond motifs is 1. The van der Waals surface area contributed by atoms with Gasteiger partial charge in [-0.1, -0.05) is 0 Å². The number of benzene rings is 1. The summed E-state index contributed by atoms with van der Waals surface area (Å²) in [5.41, 5.74) is 0.493. The van der Waals surface area contributed by atoms with Gasteiger partial charge < -0.3 is 14.1 Å². The fourth-order valence-electron chi connectivity index (χ4n) is 2.29. The molecule has 20 heavy (non-hydrogen) atoms. The van der Waals surface area contributed by atoms with E-state index in [0.717, 1.165) is 0 Å². The Hall–Kier alpha value is -2.30. The van der Waals surface area contributed by atoms with Crippen molar-refractivity contribution in [2.45, 2.75) is 13.8 Å². The summed E-state index contributed by atoms with van der Waals surface area (Å²) in [7, 11) is 1.57. The average Bonchev–Trinajstić information content (AvgIpc) is 2.48. The normalized spacial score (nSPS) is 10.6. The largest absolute Gasteiger partial charge is 0.497 e. The Morgan fingerprint density at radius 1 is 1.30 bits per heavy atom. The van der Waals surface area contributed by atoms with E-state index in [1.165, 1.54) is 0 Å². The highest BCUT2D eigenvalue weighted by Gasteiger charge is 2.18. The van der Waals surface area contributed by atoms with E-state index < -0.39 is 5.63 Å². The lowest BCUT2D eigenvalue weighted by Gasteiger charge is -2.23. The van der Waals surface area contributed by atoms with Crippen molar-refractivity contribution in [2.75, 3.05) is 25.1 Å². The van der Waals surface area contributed by atoms with Gasteiger partial charge in [-0.05, 0) is 32.0 Å². The first-order valence-corrected chi connectivity index (χ1v) is 6.51. The number of methoxy groups -OCH3 is 1. The number of carbonyl (C=O) groups is 1. The van der Waals surface area contributed by atoms with Gasteiger partial charge in [-0.3, -0.25) is 4.79 Å². The van der Waals surface area contributed by atoms with E-state index in [1.807, 2.05) is 18.7 Å². The highest BCUT2D eigenvalue weighted by Crippen LogP contribution is 2.30. The summed E-state index contributed by atoms with van der Waals surface area (Å²) in [6, 6.07) is 5.17. The molecule has 0 aliphatic carbocycles. The zero-order valence-corrected chi connectivity index (χ0v) is 11.8. The molecule has 0 radical (unpaired) electrons. The van der Waals surface area contributed by atoms with Crippen molar-refractivity contribution >= 4 is 22.9 Å². The average molecular weight is 275 g/mol. The molecule has 0 fully saturated rings. The third-order valence-electron chi connectivity index (χ3n) is 3.32. The maximum atomic E-state index is 11.9. The first-order valence-electron chi connectivity index (χ1n) is 6.51. The van der Waals surface area contributed by atoms with Crippen LogP contribution in [0.4, 0.5) is 5.69 Å². The fraction of sp³-hybridized carbons (Fsp3) is 0.333. The molecule has 5 heteroatoms. The Bertz CT molecular complexity index is 686. The van der Waals surface area contributed by atoms with E-state index in [9.17, 15) is 9.59 Å². The van der Waals surface area contributed by atoms with Gasteiger partial charge in [-0.25, -0.2) is 4.79 Å². The molecule has 0 saturated carbocycles. The summed E-state index contributed by atoms with van der Waals surface area (Å²) < 4.78 is 10.4. The summed E-state index contributed by atoms with van der Waals surface area (Å²) >= 11 is 0. The second kappa shape index (κ2) is 5.77. The standard InChI is InChI=1S/C15H17NO4/c1-4-16(5-2)14-11-8-10(19-3)6-7-13(11)20-15(18)12(14)9-17/h6-9H,4-5H2,1-3H3. The van der Waals surface area contributed by atoms with Crippen LogP contribution in [-0.2, 0) is 0 Å². The number of carbonyl (C=O) groups excluding carboxylic acids is 1. The Morgan fingerprint density at radius 3 is 2.55 bits per heavy atom. The van der Waals surface area contributed by atoms with Crippen LogP contribution in [0.3, 0.4) is 0 Å². The second-order valence-corrected chi connectivity index (χ2v) is 4.30. The molecule has 106 valence electrons.